The number of hydrogen-bond acceptors (Lipinski definition) is 5. The second kappa shape index (κ2) is 7.26. The molecule has 1 aliphatic rings. The van der Waals surface area contributed by atoms with E-state index in [1.165, 1.54) is 0 Å². The first kappa shape index (κ1) is 15.6. The molecular weight excluding hydrogens is 292 g/mol. The zero-order valence-electron chi connectivity index (χ0n) is 11.8. The topological polar surface area (TPSA) is 91.4 Å². The van der Waals surface area contributed by atoms with E-state index < -0.39 is 9.84 Å². The fourth-order valence-electron chi connectivity index (χ4n) is 2.01. The number of nitrogens with one attached hydrogen (secondary N) is 2. The second-order valence-electron chi connectivity index (χ2n) is 4.89. The van der Waals surface area contributed by atoms with Crippen molar-refractivity contribution in [2.75, 3.05) is 43.0 Å². The smallest absolute Gasteiger partial charge is 0.317 e. The van der Waals surface area contributed by atoms with E-state index in [-0.39, 0.29) is 30.6 Å². The van der Waals surface area contributed by atoms with Gasteiger partial charge < -0.3 is 15.5 Å². The molecule has 0 aromatic carbocycles. The van der Waals surface area contributed by atoms with Gasteiger partial charge in [0, 0.05) is 38.6 Å². The molecule has 0 aliphatic carbocycles. The maximum Gasteiger partial charge on any atom is 0.317 e. The summed E-state index contributed by atoms with van der Waals surface area (Å²) in [6.07, 6.45) is 4.24. The number of anilines is 1. The first-order valence-electron chi connectivity index (χ1n) is 6.94. The van der Waals surface area contributed by atoms with Gasteiger partial charge >= 0.3 is 6.03 Å². The van der Waals surface area contributed by atoms with Gasteiger partial charge in [-0.2, -0.15) is 0 Å². The Balaban J connectivity index is 1.59. The van der Waals surface area contributed by atoms with Crippen LogP contribution in [0.4, 0.5) is 10.5 Å². The van der Waals surface area contributed by atoms with Crippen LogP contribution in [0.25, 0.3) is 0 Å². The Kier molecular flexibility index (Phi) is 5.38. The molecule has 21 heavy (non-hydrogen) atoms. The summed E-state index contributed by atoms with van der Waals surface area (Å²) < 4.78 is 22.6. The highest BCUT2D eigenvalue weighted by atomic mass is 32.2. The summed E-state index contributed by atoms with van der Waals surface area (Å²) in [6, 6.07) is 3.60. The molecule has 1 saturated heterocycles. The third kappa shape index (κ3) is 5.22. The molecule has 2 amide bonds. The van der Waals surface area contributed by atoms with Gasteiger partial charge in [-0.3, -0.25) is 4.98 Å². The van der Waals surface area contributed by atoms with E-state index in [9.17, 15) is 13.2 Å². The van der Waals surface area contributed by atoms with Crippen molar-refractivity contribution in [3.63, 3.8) is 0 Å². The summed E-state index contributed by atoms with van der Waals surface area (Å²) in [5.74, 6) is 0.117. The van der Waals surface area contributed by atoms with E-state index in [1.54, 1.807) is 17.3 Å². The Labute approximate surface area is 124 Å². The van der Waals surface area contributed by atoms with Crippen LogP contribution in [0.1, 0.15) is 6.42 Å². The largest absolute Gasteiger partial charge is 0.384 e. The van der Waals surface area contributed by atoms with Gasteiger partial charge in [-0.1, -0.05) is 0 Å². The van der Waals surface area contributed by atoms with Crippen molar-refractivity contribution in [1.29, 1.82) is 0 Å². The third-order valence-corrected chi connectivity index (χ3v) is 4.86. The SMILES string of the molecule is O=C(NCCCNc1cccnc1)N1CCS(=O)(=O)CC1. The van der Waals surface area contributed by atoms with Crippen molar-refractivity contribution in [3.8, 4) is 0 Å². The second-order valence-corrected chi connectivity index (χ2v) is 7.20. The van der Waals surface area contributed by atoms with Crippen LogP contribution in [0.3, 0.4) is 0 Å². The lowest BCUT2D eigenvalue weighted by atomic mass is 10.3. The molecule has 0 saturated carbocycles. The van der Waals surface area contributed by atoms with Crippen LogP contribution < -0.4 is 10.6 Å². The lowest BCUT2D eigenvalue weighted by molar-refractivity contribution is 0.202. The van der Waals surface area contributed by atoms with Gasteiger partial charge in [0.15, 0.2) is 9.84 Å². The average Bonchev–Trinajstić information content (AvgIpc) is 2.47. The van der Waals surface area contributed by atoms with Gasteiger partial charge in [0.05, 0.1) is 17.2 Å². The van der Waals surface area contributed by atoms with Crippen molar-refractivity contribution in [1.82, 2.24) is 15.2 Å². The molecule has 2 N–H and O–H groups in total. The van der Waals surface area contributed by atoms with Crippen molar-refractivity contribution >= 4 is 21.6 Å². The molecule has 0 spiro atoms. The van der Waals surface area contributed by atoms with Gasteiger partial charge in [0.2, 0.25) is 0 Å². The predicted octanol–water partition coefficient (Wildman–Crippen LogP) is 0.324. The summed E-state index contributed by atoms with van der Waals surface area (Å²) in [4.78, 5) is 17.4. The minimum Gasteiger partial charge on any atom is -0.384 e. The fraction of sp³-hybridized carbons (Fsp3) is 0.538. The first-order chi connectivity index (χ1) is 10.1. The highest BCUT2D eigenvalue weighted by Gasteiger charge is 2.24. The Hall–Kier alpha value is -1.83. The molecule has 0 bridgehead atoms. The van der Waals surface area contributed by atoms with E-state index in [0.29, 0.717) is 6.54 Å². The lowest BCUT2D eigenvalue weighted by Crippen LogP contribution is -2.48. The Morgan fingerprint density at radius 2 is 2.05 bits per heavy atom. The molecule has 2 rings (SSSR count). The van der Waals surface area contributed by atoms with Gasteiger partial charge in [0.1, 0.15) is 0 Å². The van der Waals surface area contributed by atoms with Crippen LogP contribution in [0.15, 0.2) is 24.5 Å². The number of rotatable bonds is 5. The van der Waals surface area contributed by atoms with E-state index >= 15 is 0 Å². The van der Waals surface area contributed by atoms with Gasteiger partial charge in [0.25, 0.3) is 0 Å². The summed E-state index contributed by atoms with van der Waals surface area (Å²) in [5.41, 5.74) is 0.949. The number of sulfone groups is 1. The summed E-state index contributed by atoms with van der Waals surface area (Å²) >= 11 is 0. The molecule has 1 fully saturated rings. The lowest BCUT2D eigenvalue weighted by Gasteiger charge is -2.26. The number of hydrogen-bond donors (Lipinski definition) is 2. The zero-order chi connectivity index (χ0) is 15.1. The molecule has 1 aromatic heterocycles. The highest BCUT2D eigenvalue weighted by Crippen LogP contribution is 2.04. The number of amides is 2. The Morgan fingerprint density at radius 3 is 2.71 bits per heavy atom. The van der Waals surface area contributed by atoms with Crippen LogP contribution in [-0.4, -0.2) is 62.0 Å². The maximum absolute atomic E-state index is 11.8. The van der Waals surface area contributed by atoms with Gasteiger partial charge in [-0.15, -0.1) is 0 Å². The molecule has 8 heteroatoms. The summed E-state index contributed by atoms with van der Waals surface area (Å²) in [6.45, 7) is 1.85. The number of carbonyl (C=O) groups excluding carboxylic acids is 1. The molecule has 2 heterocycles. The Bertz CT molecular complexity index is 548. The normalized spacial score (nSPS) is 17.2. The molecule has 0 unspecified atom stereocenters. The number of carbonyl (C=O) groups is 1. The van der Waals surface area contributed by atoms with Crippen LogP contribution in [0, 0.1) is 0 Å². The van der Waals surface area contributed by atoms with Crippen molar-refractivity contribution < 1.29 is 13.2 Å². The van der Waals surface area contributed by atoms with Crippen molar-refractivity contribution in [3.05, 3.63) is 24.5 Å². The minimum atomic E-state index is -2.95. The zero-order valence-corrected chi connectivity index (χ0v) is 12.6. The minimum absolute atomic E-state index is 0.0585. The fourth-order valence-corrected chi connectivity index (χ4v) is 3.21. The average molecular weight is 312 g/mol. The standard InChI is InChI=1S/C13H20N4O3S/c18-13(17-7-9-21(19,20)10-8-17)16-6-2-5-15-12-3-1-4-14-11-12/h1,3-4,11,15H,2,5-10H2,(H,16,18). The van der Waals surface area contributed by atoms with Gasteiger partial charge in [-0.05, 0) is 18.6 Å². The van der Waals surface area contributed by atoms with E-state index in [1.807, 2.05) is 12.1 Å². The third-order valence-electron chi connectivity index (χ3n) is 3.25. The Morgan fingerprint density at radius 1 is 1.29 bits per heavy atom. The van der Waals surface area contributed by atoms with E-state index in [4.69, 9.17) is 0 Å². The van der Waals surface area contributed by atoms with E-state index in [0.717, 1.165) is 18.7 Å². The van der Waals surface area contributed by atoms with Crippen LogP contribution in [0.2, 0.25) is 0 Å². The van der Waals surface area contributed by atoms with Crippen molar-refractivity contribution in [2.24, 2.45) is 0 Å². The molecule has 116 valence electrons. The monoisotopic (exact) mass is 312 g/mol. The molecule has 7 nitrogen and oxygen atoms in total. The van der Waals surface area contributed by atoms with Crippen molar-refractivity contribution in [2.45, 2.75) is 6.42 Å². The number of nitrogens with zero attached hydrogens (tertiary/aromatic N) is 2. The number of aromatic nitrogens is 1. The summed E-state index contributed by atoms with van der Waals surface area (Å²) in [5, 5.41) is 6.00. The quantitative estimate of drug-likeness (QED) is 0.764. The molecular formula is C13H20N4O3S. The van der Waals surface area contributed by atoms with Crippen LogP contribution in [-0.2, 0) is 9.84 Å². The number of pyridine rings is 1. The summed E-state index contributed by atoms with van der Waals surface area (Å²) in [7, 11) is -2.95. The van der Waals surface area contributed by atoms with E-state index in [2.05, 4.69) is 15.6 Å². The predicted molar refractivity (Wildman–Crippen MR) is 81.0 cm³/mol. The molecule has 0 radical (unpaired) electrons. The molecule has 0 atom stereocenters. The van der Waals surface area contributed by atoms with Gasteiger partial charge in [-0.25, -0.2) is 13.2 Å². The first-order valence-corrected chi connectivity index (χ1v) is 8.76. The maximum atomic E-state index is 11.8. The highest BCUT2D eigenvalue weighted by molar-refractivity contribution is 7.91. The van der Waals surface area contributed by atoms with Crippen LogP contribution >= 0.6 is 0 Å². The molecule has 1 aliphatic heterocycles. The van der Waals surface area contributed by atoms with Crippen LogP contribution in [0.5, 0.6) is 0 Å². The number of urea groups is 1. The molecule has 1 aromatic rings.